The van der Waals surface area contributed by atoms with Gasteiger partial charge in [0.05, 0.1) is 6.20 Å². The SMILES string of the molecule is CC(C)[C@H](CCc1ccnnc1)c1cccnc1N. The standard InChI is InChI=1S/C15H20N4/c1-11(2)13(14-4-3-8-17-15(14)16)6-5-12-7-9-18-19-10-12/h3-4,7-11,13H,5-6H2,1-2H3,(H2,16,17)/t13-/m0/s1. The Morgan fingerprint density at radius 1 is 1.16 bits per heavy atom. The van der Waals surface area contributed by atoms with Crippen molar-refractivity contribution in [1.82, 2.24) is 15.2 Å². The number of anilines is 1. The van der Waals surface area contributed by atoms with E-state index in [1.54, 1.807) is 12.4 Å². The minimum atomic E-state index is 0.418. The van der Waals surface area contributed by atoms with Gasteiger partial charge >= 0.3 is 0 Å². The second kappa shape index (κ2) is 6.27. The van der Waals surface area contributed by atoms with Crippen LogP contribution in [0.25, 0.3) is 0 Å². The molecule has 0 spiro atoms. The lowest BCUT2D eigenvalue weighted by atomic mass is 9.84. The summed E-state index contributed by atoms with van der Waals surface area (Å²) in [7, 11) is 0. The van der Waals surface area contributed by atoms with Gasteiger partial charge in [-0.25, -0.2) is 4.98 Å². The van der Waals surface area contributed by atoms with Gasteiger partial charge in [-0.3, -0.25) is 0 Å². The number of nitrogens with zero attached hydrogens (tertiary/aromatic N) is 3. The number of pyridine rings is 1. The number of nitrogen functional groups attached to an aromatic ring is 1. The zero-order valence-corrected chi connectivity index (χ0v) is 11.5. The van der Waals surface area contributed by atoms with E-state index in [-0.39, 0.29) is 0 Å². The fourth-order valence-electron chi connectivity index (χ4n) is 2.38. The Bertz CT molecular complexity index is 511. The number of hydrogen-bond donors (Lipinski definition) is 1. The lowest BCUT2D eigenvalue weighted by Gasteiger charge is -2.22. The number of rotatable bonds is 5. The quantitative estimate of drug-likeness (QED) is 0.893. The van der Waals surface area contributed by atoms with Gasteiger partial charge < -0.3 is 5.73 Å². The lowest BCUT2D eigenvalue weighted by Crippen LogP contribution is -2.11. The number of aryl methyl sites for hydroxylation is 1. The fraction of sp³-hybridized carbons (Fsp3) is 0.400. The normalized spacial score (nSPS) is 12.6. The van der Waals surface area contributed by atoms with Crippen molar-refractivity contribution >= 4 is 5.82 Å². The topological polar surface area (TPSA) is 64.7 Å². The molecule has 0 aliphatic carbocycles. The highest BCUT2D eigenvalue weighted by Crippen LogP contribution is 2.31. The third-order valence-electron chi connectivity index (χ3n) is 3.46. The molecule has 2 N–H and O–H groups in total. The van der Waals surface area contributed by atoms with Gasteiger partial charge in [-0.2, -0.15) is 10.2 Å². The highest BCUT2D eigenvalue weighted by Gasteiger charge is 2.18. The molecule has 0 saturated carbocycles. The molecule has 0 bridgehead atoms. The number of hydrogen-bond acceptors (Lipinski definition) is 4. The van der Waals surface area contributed by atoms with Crippen LogP contribution in [0.15, 0.2) is 36.8 Å². The molecule has 2 aromatic heterocycles. The molecule has 0 unspecified atom stereocenters. The van der Waals surface area contributed by atoms with Gasteiger partial charge in [0.25, 0.3) is 0 Å². The molecule has 2 aromatic rings. The van der Waals surface area contributed by atoms with Crippen LogP contribution in [0.3, 0.4) is 0 Å². The molecule has 19 heavy (non-hydrogen) atoms. The van der Waals surface area contributed by atoms with E-state index in [1.165, 1.54) is 5.56 Å². The van der Waals surface area contributed by atoms with Crippen LogP contribution in [0, 0.1) is 5.92 Å². The highest BCUT2D eigenvalue weighted by atomic mass is 15.1. The zero-order chi connectivity index (χ0) is 13.7. The third kappa shape index (κ3) is 3.50. The van der Waals surface area contributed by atoms with Gasteiger partial charge in [0.15, 0.2) is 0 Å². The molecule has 0 radical (unpaired) electrons. The summed E-state index contributed by atoms with van der Waals surface area (Å²) in [5, 5.41) is 7.71. The van der Waals surface area contributed by atoms with Crippen LogP contribution in [0.1, 0.15) is 37.3 Å². The molecule has 0 amide bonds. The second-order valence-electron chi connectivity index (χ2n) is 5.12. The van der Waals surface area contributed by atoms with Crippen molar-refractivity contribution in [2.75, 3.05) is 5.73 Å². The van der Waals surface area contributed by atoms with E-state index < -0.39 is 0 Å². The molecule has 4 heteroatoms. The summed E-state index contributed by atoms with van der Waals surface area (Å²) in [6.45, 7) is 4.45. The molecule has 0 aliphatic heterocycles. The molecule has 0 saturated heterocycles. The first-order valence-corrected chi connectivity index (χ1v) is 6.64. The van der Waals surface area contributed by atoms with Gasteiger partial charge in [-0.1, -0.05) is 19.9 Å². The molecular formula is C15H20N4. The van der Waals surface area contributed by atoms with Crippen molar-refractivity contribution in [3.63, 3.8) is 0 Å². The Balaban J connectivity index is 2.12. The molecule has 2 heterocycles. The van der Waals surface area contributed by atoms with E-state index in [4.69, 9.17) is 5.73 Å². The molecule has 100 valence electrons. The van der Waals surface area contributed by atoms with Gasteiger partial charge in [0.1, 0.15) is 5.82 Å². The minimum Gasteiger partial charge on any atom is -0.383 e. The first-order chi connectivity index (χ1) is 9.18. The van der Waals surface area contributed by atoms with Crippen molar-refractivity contribution in [2.45, 2.75) is 32.6 Å². The maximum atomic E-state index is 5.99. The Hall–Kier alpha value is -1.97. The number of nitrogens with two attached hydrogens (primary N) is 1. The molecule has 0 aliphatic rings. The van der Waals surface area contributed by atoms with Crippen LogP contribution < -0.4 is 5.73 Å². The van der Waals surface area contributed by atoms with Crippen molar-refractivity contribution in [1.29, 1.82) is 0 Å². The van der Waals surface area contributed by atoms with Crippen LogP contribution >= 0.6 is 0 Å². The molecule has 2 rings (SSSR count). The van der Waals surface area contributed by atoms with E-state index in [0.29, 0.717) is 17.7 Å². The van der Waals surface area contributed by atoms with Gasteiger partial charge in [-0.15, -0.1) is 0 Å². The summed E-state index contributed by atoms with van der Waals surface area (Å²) in [5.74, 6) is 1.59. The summed E-state index contributed by atoms with van der Waals surface area (Å²) in [4.78, 5) is 4.19. The van der Waals surface area contributed by atoms with Crippen molar-refractivity contribution in [2.24, 2.45) is 5.92 Å². The predicted octanol–water partition coefficient (Wildman–Crippen LogP) is 2.83. The van der Waals surface area contributed by atoms with Crippen LogP contribution in [0.2, 0.25) is 0 Å². The lowest BCUT2D eigenvalue weighted by molar-refractivity contribution is 0.468. The highest BCUT2D eigenvalue weighted by molar-refractivity contribution is 5.41. The summed E-state index contributed by atoms with van der Waals surface area (Å²) in [6.07, 6.45) is 7.32. The summed E-state index contributed by atoms with van der Waals surface area (Å²) < 4.78 is 0. The second-order valence-corrected chi connectivity index (χ2v) is 5.12. The summed E-state index contributed by atoms with van der Waals surface area (Å²) >= 11 is 0. The average molecular weight is 256 g/mol. The Morgan fingerprint density at radius 3 is 2.63 bits per heavy atom. The smallest absolute Gasteiger partial charge is 0.126 e. The summed E-state index contributed by atoms with van der Waals surface area (Å²) in [6, 6.07) is 6.05. The molecular weight excluding hydrogens is 236 g/mol. The van der Waals surface area contributed by atoms with Gasteiger partial charge in [0, 0.05) is 12.4 Å². The van der Waals surface area contributed by atoms with Crippen LogP contribution in [-0.4, -0.2) is 15.2 Å². The zero-order valence-electron chi connectivity index (χ0n) is 11.5. The first-order valence-electron chi connectivity index (χ1n) is 6.64. The van der Waals surface area contributed by atoms with E-state index >= 15 is 0 Å². The molecule has 1 atom stereocenters. The largest absolute Gasteiger partial charge is 0.383 e. The van der Waals surface area contributed by atoms with E-state index in [0.717, 1.165) is 18.4 Å². The monoisotopic (exact) mass is 256 g/mol. The molecule has 0 fully saturated rings. The van der Waals surface area contributed by atoms with Crippen molar-refractivity contribution in [3.05, 3.63) is 47.9 Å². The van der Waals surface area contributed by atoms with Crippen LogP contribution in [-0.2, 0) is 6.42 Å². The van der Waals surface area contributed by atoms with Crippen LogP contribution in [0.4, 0.5) is 5.82 Å². The number of aromatic nitrogens is 3. The van der Waals surface area contributed by atoms with Gasteiger partial charge in [-0.05, 0) is 47.9 Å². The Kier molecular flexibility index (Phi) is 4.44. The third-order valence-corrected chi connectivity index (χ3v) is 3.46. The fourth-order valence-corrected chi connectivity index (χ4v) is 2.38. The van der Waals surface area contributed by atoms with E-state index in [1.807, 2.05) is 18.3 Å². The molecule has 0 aromatic carbocycles. The van der Waals surface area contributed by atoms with Crippen molar-refractivity contribution in [3.8, 4) is 0 Å². The van der Waals surface area contributed by atoms with Crippen molar-refractivity contribution < 1.29 is 0 Å². The minimum absolute atomic E-state index is 0.418. The van der Waals surface area contributed by atoms with Gasteiger partial charge in [0.2, 0.25) is 0 Å². The predicted molar refractivity (Wildman–Crippen MR) is 76.6 cm³/mol. The Labute approximate surface area is 114 Å². The Morgan fingerprint density at radius 2 is 2.00 bits per heavy atom. The first kappa shape index (κ1) is 13.5. The maximum Gasteiger partial charge on any atom is 0.126 e. The van der Waals surface area contributed by atoms with E-state index in [2.05, 4.69) is 35.1 Å². The average Bonchev–Trinajstić information content (AvgIpc) is 2.42. The summed E-state index contributed by atoms with van der Waals surface area (Å²) in [5.41, 5.74) is 8.36. The maximum absolute atomic E-state index is 5.99. The van der Waals surface area contributed by atoms with E-state index in [9.17, 15) is 0 Å². The molecule has 4 nitrogen and oxygen atoms in total. The van der Waals surface area contributed by atoms with Crippen LogP contribution in [0.5, 0.6) is 0 Å².